The average molecular weight is 169 g/mol. The quantitative estimate of drug-likeness (QED) is 0.535. The fourth-order valence-electron chi connectivity index (χ4n) is 0.386. The highest BCUT2D eigenvalue weighted by atomic mass is 17.3. The van der Waals surface area contributed by atoms with Crippen LogP contribution in [-0.2, 0) is 14.7 Å². The number of rotatable bonds is 0. The van der Waals surface area contributed by atoms with Crippen molar-refractivity contribution in [2.45, 2.75) is 0 Å². The van der Waals surface area contributed by atoms with Gasteiger partial charge in [0.2, 0.25) is 0 Å². The SMILES string of the molecule is C1=CONN=C1.C1=COON=C1. The highest BCUT2D eigenvalue weighted by Crippen LogP contribution is 1.84. The Morgan fingerprint density at radius 1 is 1.08 bits per heavy atom. The third-order valence-corrected chi connectivity index (χ3v) is 0.780. The number of oxime groups is 1. The van der Waals surface area contributed by atoms with Crippen molar-refractivity contribution >= 4 is 12.4 Å². The molecule has 0 atom stereocenters. The number of hydrogen-bond acceptors (Lipinski definition) is 6. The minimum absolute atomic E-state index is 1.40. The van der Waals surface area contributed by atoms with E-state index < -0.39 is 0 Å². The Morgan fingerprint density at radius 3 is 2.17 bits per heavy atom. The second-order valence-electron chi connectivity index (χ2n) is 1.57. The van der Waals surface area contributed by atoms with Gasteiger partial charge >= 0.3 is 0 Å². The number of allylic oxidation sites excluding steroid dienone is 2. The first-order valence-corrected chi connectivity index (χ1v) is 3.10. The van der Waals surface area contributed by atoms with Crippen molar-refractivity contribution in [2.75, 3.05) is 0 Å². The van der Waals surface area contributed by atoms with Gasteiger partial charge in [-0.1, -0.05) is 0 Å². The van der Waals surface area contributed by atoms with Gasteiger partial charge in [-0.2, -0.15) is 10.1 Å². The van der Waals surface area contributed by atoms with Crippen molar-refractivity contribution in [3.8, 4) is 0 Å². The summed E-state index contributed by atoms with van der Waals surface area (Å²) < 4.78 is 0. The monoisotopic (exact) mass is 169 g/mol. The van der Waals surface area contributed by atoms with Crippen LogP contribution in [0.3, 0.4) is 0 Å². The molecule has 2 rings (SSSR count). The molecule has 0 aliphatic carbocycles. The third kappa shape index (κ3) is 3.94. The summed E-state index contributed by atoms with van der Waals surface area (Å²) in [6.07, 6.45) is 9.31. The van der Waals surface area contributed by atoms with Crippen molar-refractivity contribution in [1.82, 2.24) is 5.59 Å². The molecule has 0 radical (unpaired) electrons. The second kappa shape index (κ2) is 5.78. The van der Waals surface area contributed by atoms with E-state index in [1.807, 2.05) is 0 Å². The molecule has 2 aliphatic heterocycles. The van der Waals surface area contributed by atoms with Crippen LogP contribution < -0.4 is 5.59 Å². The summed E-state index contributed by atoms with van der Waals surface area (Å²) in [5.74, 6) is 0. The standard InChI is InChI=1S/C3H4N2O.C3H3NO2/c1-2-4-5-6-3-1;1-2-4-6-5-3-1/h1-3,5H;1-3H. The van der Waals surface area contributed by atoms with E-state index in [-0.39, 0.29) is 0 Å². The van der Waals surface area contributed by atoms with Gasteiger partial charge in [-0.25, -0.2) is 0 Å². The van der Waals surface area contributed by atoms with Crippen LogP contribution in [0.1, 0.15) is 0 Å². The molecule has 2 aliphatic rings. The van der Waals surface area contributed by atoms with Crippen LogP contribution >= 0.6 is 0 Å². The molecular weight excluding hydrogens is 162 g/mol. The van der Waals surface area contributed by atoms with Crippen LogP contribution in [0.4, 0.5) is 0 Å². The zero-order valence-electron chi connectivity index (χ0n) is 6.08. The number of nitrogens with one attached hydrogen (secondary N) is 1. The van der Waals surface area contributed by atoms with Crippen LogP contribution in [0.25, 0.3) is 0 Å². The van der Waals surface area contributed by atoms with Gasteiger partial charge < -0.3 is 4.84 Å². The maximum absolute atomic E-state index is 4.44. The smallest absolute Gasteiger partial charge is 0.147 e. The molecule has 2 heterocycles. The molecule has 0 bridgehead atoms. The fraction of sp³-hybridized carbons (Fsp3) is 0. The number of nitrogens with zero attached hydrogens (tertiary/aromatic N) is 2. The highest BCUT2D eigenvalue weighted by molar-refractivity contribution is 5.70. The fourth-order valence-corrected chi connectivity index (χ4v) is 0.386. The molecule has 0 unspecified atom stereocenters. The number of hydrogen-bond donors (Lipinski definition) is 1. The first-order valence-electron chi connectivity index (χ1n) is 3.10. The molecule has 6 heteroatoms. The third-order valence-electron chi connectivity index (χ3n) is 0.780. The molecule has 0 aromatic rings. The van der Waals surface area contributed by atoms with E-state index in [1.54, 1.807) is 18.4 Å². The average Bonchev–Trinajstić information content (AvgIpc) is 2.24. The predicted molar refractivity (Wildman–Crippen MR) is 41.7 cm³/mol. The Balaban J connectivity index is 0.000000120. The molecule has 0 aromatic heterocycles. The molecule has 0 spiro atoms. The van der Waals surface area contributed by atoms with Gasteiger partial charge in [-0.3, -0.25) is 4.89 Å². The van der Waals surface area contributed by atoms with E-state index in [4.69, 9.17) is 0 Å². The van der Waals surface area contributed by atoms with E-state index in [0.717, 1.165) is 0 Å². The van der Waals surface area contributed by atoms with E-state index in [0.29, 0.717) is 0 Å². The summed E-state index contributed by atoms with van der Waals surface area (Å²) in [5, 5.41) is 6.74. The van der Waals surface area contributed by atoms with Gasteiger partial charge in [0.1, 0.15) is 12.5 Å². The molecule has 0 saturated heterocycles. The van der Waals surface area contributed by atoms with Gasteiger partial charge in [-0.05, 0) is 17.3 Å². The van der Waals surface area contributed by atoms with Gasteiger partial charge in [-0.15, -0.1) is 5.59 Å². The van der Waals surface area contributed by atoms with Gasteiger partial charge in [0.25, 0.3) is 0 Å². The van der Waals surface area contributed by atoms with Crippen molar-refractivity contribution in [3.05, 3.63) is 24.7 Å². The van der Waals surface area contributed by atoms with Crippen molar-refractivity contribution < 1.29 is 14.7 Å². The Labute approximate surface area is 68.7 Å². The molecule has 6 nitrogen and oxygen atoms in total. The lowest BCUT2D eigenvalue weighted by Gasteiger charge is -1.96. The van der Waals surface area contributed by atoms with E-state index in [9.17, 15) is 0 Å². The van der Waals surface area contributed by atoms with Crippen LogP contribution in [-0.4, -0.2) is 12.4 Å². The molecule has 64 valence electrons. The summed E-state index contributed by atoms with van der Waals surface area (Å²) in [4.78, 5) is 12.7. The normalized spacial score (nSPS) is 16.0. The van der Waals surface area contributed by atoms with Crippen molar-refractivity contribution in [1.29, 1.82) is 0 Å². The minimum atomic E-state index is 1.40. The highest BCUT2D eigenvalue weighted by Gasteiger charge is 1.77. The Morgan fingerprint density at radius 2 is 2.00 bits per heavy atom. The topological polar surface area (TPSA) is 64.4 Å². The first kappa shape index (κ1) is 8.12. The lowest BCUT2D eigenvalue weighted by Crippen LogP contribution is -2.03. The molecule has 0 aromatic carbocycles. The van der Waals surface area contributed by atoms with Crippen LogP contribution in [0.2, 0.25) is 0 Å². The van der Waals surface area contributed by atoms with Crippen LogP contribution in [0.5, 0.6) is 0 Å². The molecular formula is C6H7N3O3. The lowest BCUT2D eigenvalue weighted by molar-refractivity contribution is -0.251. The molecule has 0 fully saturated rings. The zero-order chi connectivity index (χ0) is 8.49. The summed E-state index contributed by atoms with van der Waals surface area (Å²) in [6.45, 7) is 0. The molecule has 0 amide bonds. The van der Waals surface area contributed by atoms with E-state index in [2.05, 4.69) is 30.6 Å². The van der Waals surface area contributed by atoms with Crippen molar-refractivity contribution in [2.24, 2.45) is 10.3 Å². The van der Waals surface area contributed by atoms with Crippen LogP contribution in [0.15, 0.2) is 34.9 Å². The first-order chi connectivity index (χ1) is 6.00. The minimum Gasteiger partial charge on any atom is -0.373 e. The predicted octanol–water partition coefficient (Wildman–Crippen LogP) is 0.468. The lowest BCUT2D eigenvalue weighted by atomic mass is 10.7. The Bertz CT molecular complexity index is 174. The maximum Gasteiger partial charge on any atom is 0.147 e. The molecule has 0 saturated carbocycles. The van der Waals surface area contributed by atoms with E-state index in [1.165, 1.54) is 18.7 Å². The summed E-state index contributed by atoms with van der Waals surface area (Å²) in [7, 11) is 0. The van der Waals surface area contributed by atoms with Gasteiger partial charge in [0.15, 0.2) is 0 Å². The maximum atomic E-state index is 4.44. The van der Waals surface area contributed by atoms with Gasteiger partial charge in [0.05, 0.1) is 12.4 Å². The molecule has 1 N–H and O–H groups in total. The zero-order valence-corrected chi connectivity index (χ0v) is 6.08. The van der Waals surface area contributed by atoms with Gasteiger partial charge in [0, 0.05) is 0 Å². The van der Waals surface area contributed by atoms with Crippen LogP contribution in [0, 0.1) is 0 Å². The van der Waals surface area contributed by atoms with Crippen molar-refractivity contribution in [3.63, 3.8) is 0 Å². The second-order valence-corrected chi connectivity index (χ2v) is 1.57. The summed E-state index contributed by atoms with van der Waals surface area (Å²) >= 11 is 0. The number of hydrazone groups is 1. The van der Waals surface area contributed by atoms with E-state index >= 15 is 0 Å². The Hall–Kier alpha value is -1.98. The molecule has 12 heavy (non-hydrogen) atoms. The Kier molecular flexibility index (Phi) is 3.91. The summed E-state index contributed by atoms with van der Waals surface area (Å²) in [6, 6.07) is 0. The summed E-state index contributed by atoms with van der Waals surface area (Å²) in [5.41, 5.74) is 2.27. The largest absolute Gasteiger partial charge is 0.373 e.